The van der Waals surface area contributed by atoms with E-state index in [0.717, 1.165) is 12.8 Å². The molecule has 3 amide bonds. The van der Waals surface area contributed by atoms with Crippen LogP contribution in [0.4, 0.5) is 0 Å². The minimum Gasteiger partial charge on any atom is -0.394 e. The van der Waals surface area contributed by atoms with Gasteiger partial charge in [-0.15, -0.1) is 13.2 Å². The molecule has 2 bridgehead atoms. The number of ether oxygens (including phenoxy) is 1. The van der Waals surface area contributed by atoms with Crippen LogP contribution in [0.15, 0.2) is 25.3 Å². The van der Waals surface area contributed by atoms with Crippen LogP contribution in [0.1, 0.15) is 93.9 Å². The molecule has 0 aromatic rings. The number of amides is 3. The van der Waals surface area contributed by atoms with E-state index in [2.05, 4.69) is 47.8 Å². The molecular formula is C33H55N3O5. The van der Waals surface area contributed by atoms with Crippen LogP contribution in [0.25, 0.3) is 0 Å². The lowest BCUT2D eigenvalue weighted by atomic mass is 9.64. The van der Waals surface area contributed by atoms with Gasteiger partial charge in [0.05, 0.1) is 30.1 Å². The maximum atomic E-state index is 14.9. The van der Waals surface area contributed by atoms with E-state index in [1.54, 1.807) is 22.0 Å². The maximum absolute atomic E-state index is 14.9. The van der Waals surface area contributed by atoms with Gasteiger partial charge in [-0.3, -0.25) is 14.4 Å². The molecule has 0 radical (unpaired) electrons. The van der Waals surface area contributed by atoms with Crippen LogP contribution in [-0.4, -0.2) is 92.6 Å². The Labute approximate surface area is 248 Å². The molecule has 0 aromatic carbocycles. The third kappa shape index (κ3) is 5.63. The molecule has 0 aliphatic carbocycles. The maximum Gasteiger partial charge on any atom is 0.249 e. The molecule has 232 valence electrons. The normalized spacial score (nSPS) is 29.8. The fourth-order valence-corrected chi connectivity index (χ4v) is 8.34. The molecule has 0 aromatic heterocycles. The summed E-state index contributed by atoms with van der Waals surface area (Å²) >= 11 is 0. The standard InChI is InChI=1S/C33H55N3O5/c1-11-18-34(19-12-2)27(38)24-25-28(39)36(23(14-4)21-37)26(33(25)17-16-32(24,15-5)41-33)29(40)35(20-13-3)31(9,10)22-30(6,7)8/h11,13,23-26,37H,1,3,12,14-22H2,2,4-10H3/t23-,24-,25-,26?,32+,33?/m0/s1. The predicted octanol–water partition coefficient (Wildman–Crippen LogP) is 4.57. The van der Waals surface area contributed by atoms with Gasteiger partial charge in [0.1, 0.15) is 11.6 Å². The second kappa shape index (κ2) is 12.2. The Kier molecular flexibility index (Phi) is 9.91. The molecular weight excluding hydrogens is 518 g/mol. The van der Waals surface area contributed by atoms with Crippen molar-refractivity contribution in [3.8, 4) is 0 Å². The van der Waals surface area contributed by atoms with Crippen molar-refractivity contribution >= 4 is 17.7 Å². The molecule has 3 fully saturated rings. The van der Waals surface area contributed by atoms with E-state index >= 15 is 0 Å². The van der Waals surface area contributed by atoms with Crippen molar-refractivity contribution < 1.29 is 24.2 Å². The summed E-state index contributed by atoms with van der Waals surface area (Å²) in [4.78, 5) is 49.0. The van der Waals surface area contributed by atoms with E-state index in [-0.39, 0.29) is 29.7 Å². The van der Waals surface area contributed by atoms with Crippen molar-refractivity contribution in [2.24, 2.45) is 17.3 Å². The SMILES string of the molecule is C=CCN(CCC)C(=O)[C@@H]1[C@H]2C(=O)N([C@@H](CC)CO)C(C(=O)N(CC=C)C(C)(C)CC(C)(C)C)C23CC[C@@]1(CC)O3. The number of hydrogen-bond donors (Lipinski definition) is 1. The molecule has 2 unspecified atom stereocenters. The topological polar surface area (TPSA) is 90.4 Å². The molecule has 3 heterocycles. The lowest BCUT2D eigenvalue weighted by Crippen LogP contribution is -2.62. The van der Waals surface area contributed by atoms with Gasteiger partial charge < -0.3 is 24.5 Å². The van der Waals surface area contributed by atoms with E-state index in [9.17, 15) is 19.5 Å². The van der Waals surface area contributed by atoms with E-state index in [1.807, 2.05) is 25.7 Å². The predicted molar refractivity (Wildman–Crippen MR) is 162 cm³/mol. The highest BCUT2D eigenvalue weighted by Crippen LogP contribution is 2.65. The number of aliphatic hydroxyl groups excluding tert-OH is 1. The number of carbonyl (C=O) groups is 3. The smallest absolute Gasteiger partial charge is 0.249 e. The van der Waals surface area contributed by atoms with E-state index in [1.165, 1.54) is 0 Å². The van der Waals surface area contributed by atoms with Crippen LogP contribution < -0.4 is 0 Å². The minimum absolute atomic E-state index is 0.0494. The summed E-state index contributed by atoms with van der Waals surface area (Å²) in [5.74, 6) is -2.01. The molecule has 8 heteroatoms. The van der Waals surface area contributed by atoms with Crippen LogP contribution in [0.3, 0.4) is 0 Å². The Balaban J connectivity index is 2.20. The largest absolute Gasteiger partial charge is 0.394 e. The van der Waals surface area contributed by atoms with Crippen molar-refractivity contribution in [1.82, 2.24) is 14.7 Å². The van der Waals surface area contributed by atoms with Crippen molar-refractivity contribution in [2.75, 3.05) is 26.2 Å². The Morgan fingerprint density at radius 3 is 2.22 bits per heavy atom. The summed E-state index contributed by atoms with van der Waals surface area (Å²) in [6.45, 7) is 25.3. The van der Waals surface area contributed by atoms with Crippen LogP contribution in [0, 0.1) is 17.3 Å². The average molecular weight is 574 g/mol. The first-order valence-electron chi connectivity index (χ1n) is 15.6. The number of aliphatic hydroxyl groups is 1. The van der Waals surface area contributed by atoms with Gasteiger partial charge in [-0.25, -0.2) is 0 Å². The molecule has 6 atom stereocenters. The van der Waals surface area contributed by atoms with Gasteiger partial charge in [-0.1, -0.05) is 53.7 Å². The molecule has 1 N–H and O–H groups in total. The fourth-order valence-electron chi connectivity index (χ4n) is 8.34. The van der Waals surface area contributed by atoms with Gasteiger partial charge >= 0.3 is 0 Å². The first-order chi connectivity index (χ1) is 19.1. The van der Waals surface area contributed by atoms with Crippen LogP contribution >= 0.6 is 0 Å². The summed E-state index contributed by atoms with van der Waals surface area (Å²) in [6, 6.07) is -1.48. The van der Waals surface area contributed by atoms with Gasteiger partial charge in [0.25, 0.3) is 0 Å². The molecule has 0 saturated carbocycles. The molecule has 3 aliphatic rings. The summed E-state index contributed by atoms with van der Waals surface area (Å²) in [5.41, 5.74) is -2.52. The third-order valence-corrected chi connectivity index (χ3v) is 9.62. The number of carbonyl (C=O) groups excluding carboxylic acids is 3. The second-order valence-corrected chi connectivity index (χ2v) is 14.2. The lowest BCUT2D eigenvalue weighted by Gasteiger charge is -2.46. The lowest BCUT2D eigenvalue weighted by molar-refractivity contribution is -0.161. The van der Waals surface area contributed by atoms with Crippen molar-refractivity contribution in [2.45, 2.75) is 123 Å². The highest BCUT2D eigenvalue weighted by atomic mass is 16.5. The zero-order valence-electron chi connectivity index (χ0n) is 26.9. The first kappa shape index (κ1) is 33.3. The van der Waals surface area contributed by atoms with Gasteiger partial charge in [0, 0.05) is 25.2 Å². The Morgan fingerprint density at radius 1 is 1.10 bits per heavy atom. The first-order valence-corrected chi connectivity index (χ1v) is 15.6. The van der Waals surface area contributed by atoms with Crippen LogP contribution in [-0.2, 0) is 19.1 Å². The summed E-state index contributed by atoms with van der Waals surface area (Å²) in [5, 5.41) is 10.4. The Hall–Kier alpha value is -2.19. The molecule has 3 aliphatic heterocycles. The number of fused-ring (bicyclic) bond motifs is 1. The third-order valence-electron chi connectivity index (χ3n) is 9.62. The Morgan fingerprint density at radius 2 is 1.73 bits per heavy atom. The molecule has 3 rings (SSSR count). The average Bonchev–Trinajstić information content (AvgIpc) is 3.49. The highest BCUT2D eigenvalue weighted by molar-refractivity contribution is 5.99. The van der Waals surface area contributed by atoms with Crippen molar-refractivity contribution in [3.05, 3.63) is 25.3 Å². The molecule has 3 saturated heterocycles. The quantitative estimate of drug-likeness (QED) is 0.308. The highest BCUT2D eigenvalue weighted by Gasteiger charge is 2.79. The van der Waals surface area contributed by atoms with Crippen molar-refractivity contribution in [1.29, 1.82) is 0 Å². The number of hydrogen-bond acceptors (Lipinski definition) is 5. The van der Waals surface area contributed by atoms with E-state index in [0.29, 0.717) is 45.3 Å². The zero-order chi connectivity index (χ0) is 31.0. The van der Waals surface area contributed by atoms with Gasteiger partial charge in [-0.2, -0.15) is 0 Å². The Bertz CT molecular complexity index is 1010. The molecule has 1 spiro atoms. The molecule has 41 heavy (non-hydrogen) atoms. The number of likely N-dealkylation sites (tertiary alicyclic amines) is 1. The zero-order valence-corrected chi connectivity index (χ0v) is 26.9. The van der Waals surface area contributed by atoms with E-state index in [4.69, 9.17) is 4.74 Å². The second-order valence-electron chi connectivity index (χ2n) is 14.2. The monoisotopic (exact) mass is 573 g/mol. The number of nitrogens with zero attached hydrogens (tertiary/aromatic N) is 3. The van der Waals surface area contributed by atoms with Crippen LogP contribution in [0.5, 0.6) is 0 Å². The molecule has 8 nitrogen and oxygen atoms in total. The summed E-state index contributed by atoms with van der Waals surface area (Å²) < 4.78 is 6.99. The van der Waals surface area contributed by atoms with Gasteiger partial charge in [-0.05, 0) is 57.8 Å². The fraction of sp³-hybridized carbons (Fsp3) is 0.788. The van der Waals surface area contributed by atoms with Gasteiger partial charge in [0.2, 0.25) is 17.7 Å². The van der Waals surface area contributed by atoms with E-state index < -0.39 is 40.7 Å². The summed E-state index contributed by atoms with van der Waals surface area (Å²) in [7, 11) is 0. The van der Waals surface area contributed by atoms with Crippen LogP contribution in [0.2, 0.25) is 0 Å². The number of rotatable bonds is 14. The minimum atomic E-state index is -1.13. The summed E-state index contributed by atoms with van der Waals surface area (Å²) in [6.07, 6.45) is 7.16. The van der Waals surface area contributed by atoms with Gasteiger partial charge in [0.15, 0.2) is 0 Å². The van der Waals surface area contributed by atoms with Crippen molar-refractivity contribution in [3.63, 3.8) is 0 Å².